The number of rotatable bonds is 3. The van der Waals surface area contributed by atoms with Crippen molar-refractivity contribution in [1.82, 2.24) is 0 Å². The van der Waals surface area contributed by atoms with Gasteiger partial charge in [-0.25, -0.2) is 4.39 Å². The van der Waals surface area contributed by atoms with Crippen LogP contribution in [-0.2, 0) is 0 Å². The smallest absolute Gasteiger partial charge is 0.163 e. The zero-order valence-corrected chi connectivity index (χ0v) is 8.50. The van der Waals surface area contributed by atoms with Gasteiger partial charge in [-0.1, -0.05) is 0 Å². The molecule has 0 fully saturated rings. The molecule has 0 saturated carbocycles. The second-order valence-corrected chi connectivity index (χ2v) is 3.36. The number of carbonyl (C=O) groups is 1. The topological polar surface area (TPSA) is 26.3 Å². The first-order valence-corrected chi connectivity index (χ1v) is 4.48. The highest BCUT2D eigenvalue weighted by Gasteiger charge is 2.10. The zero-order chi connectivity index (χ0) is 10.7. The Kier molecular flexibility index (Phi) is 3.23. The Balaban J connectivity index is 3.09. The minimum atomic E-state index is -0.398. The van der Waals surface area contributed by atoms with E-state index in [0.717, 1.165) is 0 Å². The largest absolute Gasteiger partial charge is 0.490 e. The highest BCUT2D eigenvalue weighted by molar-refractivity contribution is 5.96. The van der Waals surface area contributed by atoms with Crippen molar-refractivity contribution in [1.29, 1.82) is 0 Å². The summed E-state index contributed by atoms with van der Waals surface area (Å²) in [4.78, 5) is 11.2. The molecule has 1 aromatic rings. The molecule has 0 atom stereocenters. The second kappa shape index (κ2) is 4.22. The second-order valence-electron chi connectivity index (χ2n) is 3.36. The Morgan fingerprint density at radius 1 is 1.43 bits per heavy atom. The van der Waals surface area contributed by atoms with Gasteiger partial charge < -0.3 is 4.74 Å². The number of hydrogen-bond acceptors (Lipinski definition) is 2. The van der Waals surface area contributed by atoms with Crippen molar-refractivity contribution in [3.05, 3.63) is 29.6 Å². The number of halogens is 1. The summed E-state index contributed by atoms with van der Waals surface area (Å²) in [5, 5.41) is 0. The van der Waals surface area contributed by atoms with E-state index < -0.39 is 5.82 Å². The first kappa shape index (κ1) is 10.7. The Hall–Kier alpha value is -1.38. The molecule has 0 amide bonds. The molecule has 1 rings (SSSR count). The van der Waals surface area contributed by atoms with Crippen molar-refractivity contribution >= 4 is 5.78 Å². The van der Waals surface area contributed by atoms with Crippen molar-refractivity contribution < 1.29 is 13.9 Å². The first-order valence-electron chi connectivity index (χ1n) is 4.48. The molecular weight excluding hydrogens is 183 g/mol. The van der Waals surface area contributed by atoms with Crippen LogP contribution in [0.5, 0.6) is 5.75 Å². The van der Waals surface area contributed by atoms with Crippen LogP contribution < -0.4 is 4.74 Å². The van der Waals surface area contributed by atoms with Crippen LogP contribution in [0.25, 0.3) is 0 Å². The fourth-order valence-corrected chi connectivity index (χ4v) is 1.14. The van der Waals surface area contributed by atoms with Gasteiger partial charge in [0.05, 0.1) is 11.7 Å². The summed E-state index contributed by atoms with van der Waals surface area (Å²) in [5.74, 6) is -0.209. The number of carbonyl (C=O) groups excluding carboxylic acids is 1. The zero-order valence-electron chi connectivity index (χ0n) is 8.50. The van der Waals surface area contributed by atoms with E-state index in [-0.39, 0.29) is 11.9 Å². The van der Waals surface area contributed by atoms with Gasteiger partial charge in [0, 0.05) is 6.07 Å². The van der Waals surface area contributed by atoms with Gasteiger partial charge in [-0.05, 0) is 32.9 Å². The Bertz CT molecular complexity index is 345. The van der Waals surface area contributed by atoms with Gasteiger partial charge in [-0.15, -0.1) is 0 Å². The third-order valence-electron chi connectivity index (χ3n) is 1.69. The van der Waals surface area contributed by atoms with Crippen LogP contribution in [0.4, 0.5) is 4.39 Å². The highest BCUT2D eigenvalue weighted by Crippen LogP contribution is 2.21. The van der Waals surface area contributed by atoms with E-state index in [9.17, 15) is 9.18 Å². The van der Waals surface area contributed by atoms with Crippen molar-refractivity contribution in [2.24, 2.45) is 0 Å². The number of ether oxygens (including phenoxy) is 1. The molecule has 0 unspecified atom stereocenters. The standard InChI is InChI=1S/C11H13FO2/c1-7(2)14-11-6-9(12)4-5-10(11)8(3)13/h4-7H,1-3H3. The maximum Gasteiger partial charge on any atom is 0.163 e. The van der Waals surface area contributed by atoms with Crippen molar-refractivity contribution in [3.63, 3.8) is 0 Å². The van der Waals surface area contributed by atoms with Crippen LogP contribution in [0.2, 0.25) is 0 Å². The lowest BCUT2D eigenvalue weighted by molar-refractivity contribution is 0.101. The molecule has 2 nitrogen and oxygen atoms in total. The van der Waals surface area contributed by atoms with Gasteiger partial charge in [-0.2, -0.15) is 0 Å². The van der Waals surface area contributed by atoms with Crippen LogP contribution in [0.15, 0.2) is 18.2 Å². The molecule has 14 heavy (non-hydrogen) atoms. The van der Waals surface area contributed by atoms with Gasteiger partial charge in [-0.3, -0.25) is 4.79 Å². The van der Waals surface area contributed by atoms with E-state index in [4.69, 9.17) is 4.74 Å². The first-order chi connectivity index (χ1) is 6.50. The van der Waals surface area contributed by atoms with Crippen molar-refractivity contribution in [3.8, 4) is 5.75 Å². The van der Waals surface area contributed by atoms with Crippen LogP contribution in [-0.4, -0.2) is 11.9 Å². The van der Waals surface area contributed by atoms with E-state index in [1.165, 1.54) is 25.1 Å². The van der Waals surface area contributed by atoms with Gasteiger partial charge >= 0.3 is 0 Å². The molecule has 0 bridgehead atoms. The number of benzene rings is 1. The van der Waals surface area contributed by atoms with Crippen molar-refractivity contribution in [2.75, 3.05) is 0 Å². The van der Waals surface area contributed by atoms with Gasteiger partial charge in [0.2, 0.25) is 0 Å². The average Bonchev–Trinajstić information content (AvgIpc) is 2.01. The molecule has 0 N–H and O–H groups in total. The SMILES string of the molecule is CC(=O)c1ccc(F)cc1OC(C)C. The molecule has 0 heterocycles. The molecule has 76 valence electrons. The van der Waals surface area contributed by atoms with E-state index in [0.29, 0.717) is 11.3 Å². The Labute approximate surface area is 82.7 Å². The normalized spacial score (nSPS) is 10.4. The maximum atomic E-state index is 12.9. The van der Waals surface area contributed by atoms with Crippen molar-refractivity contribution in [2.45, 2.75) is 26.9 Å². The minimum Gasteiger partial charge on any atom is -0.490 e. The lowest BCUT2D eigenvalue weighted by Gasteiger charge is -2.12. The average molecular weight is 196 g/mol. The summed E-state index contributed by atoms with van der Waals surface area (Å²) in [7, 11) is 0. The van der Waals surface area contributed by atoms with E-state index in [1.807, 2.05) is 13.8 Å². The van der Waals surface area contributed by atoms with Gasteiger partial charge in [0.1, 0.15) is 11.6 Å². The molecule has 0 aromatic heterocycles. The molecule has 0 aliphatic carbocycles. The number of ketones is 1. The molecule has 0 saturated heterocycles. The fourth-order valence-electron chi connectivity index (χ4n) is 1.14. The predicted octanol–water partition coefficient (Wildman–Crippen LogP) is 2.82. The molecule has 0 aliphatic rings. The van der Waals surface area contributed by atoms with E-state index in [1.54, 1.807) is 0 Å². The molecule has 0 radical (unpaired) electrons. The van der Waals surface area contributed by atoms with Crippen LogP contribution in [0.1, 0.15) is 31.1 Å². The lowest BCUT2D eigenvalue weighted by atomic mass is 10.1. The van der Waals surface area contributed by atoms with Crippen LogP contribution in [0, 0.1) is 5.82 Å². The monoisotopic (exact) mass is 196 g/mol. The Morgan fingerprint density at radius 2 is 2.07 bits per heavy atom. The Morgan fingerprint density at radius 3 is 2.57 bits per heavy atom. The number of hydrogen-bond donors (Lipinski definition) is 0. The maximum absolute atomic E-state index is 12.9. The summed E-state index contributed by atoms with van der Waals surface area (Å²) >= 11 is 0. The molecule has 3 heteroatoms. The van der Waals surface area contributed by atoms with E-state index >= 15 is 0 Å². The summed E-state index contributed by atoms with van der Waals surface area (Å²) < 4.78 is 18.2. The molecule has 0 aliphatic heterocycles. The van der Waals surface area contributed by atoms with Crippen LogP contribution in [0.3, 0.4) is 0 Å². The quantitative estimate of drug-likeness (QED) is 0.695. The minimum absolute atomic E-state index is 0.0742. The lowest BCUT2D eigenvalue weighted by Crippen LogP contribution is -2.09. The summed E-state index contributed by atoms with van der Waals surface area (Å²) in [5.41, 5.74) is 0.417. The van der Waals surface area contributed by atoms with Gasteiger partial charge in [0.25, 0.3) is 0 Å². The number of Topliss-reactive ketones (excluding diaryl/α,β-unsaturated/α-hetero) is 1. The summed E-state index contributed by atoms with van der Waals surface area (Å²) in [6, 6.07) is 3.93. The van der Waals surface area contributed by atoms with E-state index in [2.05, 4.69) is 0 Å². The molecule has 1 aromatic carbocycles. The molecule has 0 spiro atoms. The third-order valence-corrected chi connectivity index (χ3v) is 1.69. The molecular formula is C11H13FO2. The predicted molar refractivity (Wildman–Crippen MR) is 52.2 cm³/mol. The summed E-state index contributed by atoms with van der Waals surface area (Å²) in [6.45, 7) is 5.09. The van der Waals surface area contributed by atoms with Gasteiger partial charge in [0.15, 0.2) is 5.78 Å². The summed E-state index contributed by atoms with van der Waals surface area (Å²) in [6.07, 6.45) is -0.0742. The van der Waals surface area contributed by atoms with Crippen LogP contribution >= 0.6 is 0 Å². The highest BCUT2D eigenvalue weighted by atomic mass is 19.1. The fraction of sp³-hybridized carbons (Fsp3) is 0.364. The third kappa shape index (κ3) is 2.55.